The van der Waals surface area contributed by atoms with Gasteiger partial charge in [0.2, 0.25) is 17.8 Å². The van der Waals surface area contributed by atoms with Crippen LogP contribution in [0.3, 0.4) is 0 Å². The number of fused-ring (bicyclic) bond motifs is 1. The van der Waals surface area contributed by atoms with Crippen LogP contribution in [-0.4, -0.2) is 11.8 Å². The second-order valence-corrected chi connectivity index (χ2v) is 7.93. The smallest absolute Gasteiger partial charge is 0.409 e. The first kappa shape index (κ1) is 21.3. The number of Topliss-reactive ketones (excluding diaryl/α,β-unsaturated/α-hetero) is 1. The predicted octanol–water partition coefficient (Wildman–Crippen LogP) is 5.90. The number of rotatable bonds is 6. The monoisotopic (exact) mass is 444 g/mol. The van der Waals surface area contributed by atoms with Crippen LogP contribution in [0.4, 0.5) is 0 Å². The van der Waals surface area contributed by atoms with Crippen molar-refractivity contribution in [2.75, 3.05) is 0 Å². The van der Waals surface area contributed by atoms with E-state index in [9.17, 15) is 9.59 Å². The van der Waals surface area contributed by atoms with Crippen LogP contribution in [0.5, 0.6) is 5.75 Å². The zero-order chi connectivity index (χ0) is 23.3. The third-order valence-electron chi connectivity index (χ3n) is 5.72. The van der Waals surface area contributed by atoms with Gasteiger partial charge in [-0.15, -0.1) is 0 Å². The van der Waals surface area contributed by atoms with Crippen LogP contribution in [0.15, 0.2) is 121 Å². The molecule has 0 fully saturated rings. The number of nitrogens with zero attached hydrogens (tertiary/aromatic N) is 1. The Morgan fingerprint density at radius 1 is 0.618 bits per heavy atom. The molecule has 164 valence electrons. The molecule has 34 heavy (non-hydrogen) atoms. The number of para-hydroxylation sites is 1. The molecule has 0 unspecified atom stereocenters. The fourth-order valence-electron chi connectivity index (χ4n) is 3.98. The molecule has 0 aliphatic carbocycles. The lowest BCUT2D eigenvalue weighted by Gasteiger charge is -2.08. The Bertz CT molecular complexity index is 1460. The van der Waals surface area contributed by atoms with Gasteiger partial charge in [0.05, 0.1) is 0 Å². The molecule has 0 amide bonds. The summed E-state index contributed by atoms with van der Waals surface area (Å²) in [5.74, 6) is -0.152. The second-order valence-electron chi connectivity index (χ2n) is 7.93. The number of aromatic nitrogens is 1. The standard InChI is InChI=1S/C30H22NO3/c32-29(25-12-5-2-6-13-25)21-31-27-14-8-7-11-24(27)17-20-28(31)30(33)34-26-18-15-23(16-19-26)22-9-3-1-4-10-22/h1-20H,21H2/q+1. The van der Waals surface area contributed by atoms with Crippen LogP contribution in [0.25, 0.3) is 22.0 Å². The Morgan fingerprint density at radius 2 is 1.24 bits per heavy atom. The summed E-state index contributed by atoms with van der Waals surface area (Å²) in [5, 5.41) is 0.937. The number of ether oxygens (including phenoxy) is 1. The molecular weight excluding hydrogens is 422 g/mol. The molecular formula is C30H22NO3+. The number of ketones is 1. The van der Waals surface area contributed by atoms with Gasteiger partial charge < -0.3 is 4.74 Å². The predicted molar refractivity (Wildman–Crippen MR) is 132 cm³/mol. The van der Waals surface area contributed by atoms with Crippen LogP contribution >= 0.6 is 0 Å². The Morgan fingerprint density at radius 3 is 1.97 bits per heavy atom. The van der Waals surface area contributed by atoms with E-state index >= 15 is 0 Å². The van der Waals surface area contributed by atoms with Gasteiger partial charge in [-0.25, -0.2) is 4.79 Å². The van der Waals surface area contributed by atoms with E-state index in [1.54, 1.807) is 34.9 Å². The van der Waals surface area contributed by atoms with Gasteiger partial charge in [0.1, 0.15) is 5.75 Å². The van der Waals surface area contributed by atoms with Crippen LogP contribution in [0.2, 0.25) is 0 Å². The largest absolute Gasteiger partial charge is 0.419 e. The van der Waals surface area contributed by atoms with Gasteiger partial charge in [0, 0.05) is 23.1 Å². The molecule has 1 heterocycles. The van der Waals surface area contributed by atoms with E-state index < -0.39 is 5.97 Å². The van der Waals surface area contributed by atoms with Gasteiger partial charge in [-0.3, -0.25) is 4.79 Å². The summed E-state index contributed by atoms with van der Waals surface area (Å²) in [6, 6.07) is 37.7. The van der Waals surface area contributed by atoms with Crippen LogP contribution in [-0.2, 0) is 6.54 Å². The summed E-state index contributed by atoms with van der Waals surface area (Å²) < 4.78 is 7.42. The summed E-state index contributed by atoms with van der Waals surface area (Å²) in [6.07, 6.45) is 0. The first-order valence-electron chi connectivity index (χ1n) is 11.1. The highest BCUT2D eigenvalue weighted by Gasteiger charge is 2.26. The first-order chi connectivity index (χ1) is 16.7. The molecule has 0 N–H and O–H groups in total. The summed E-state index contributed by atoms with van der Waals surface area (Å²) in [6.45, 7) is 0.0305. The van der Waals surface area contributed by atoms with Gasteiger partial charge in [0.15, 0.2) is 0 Å². The van der Waals surface area contributed by atoms with Crippen LogP contribution in [0.1, 0.15) is 20.8 Å². The zero-order valence-electron chi connectivity index (χ0n) is 18.4. The van der Waals surface area contributed by atoms with E-state index in [0.29, 0.717) is 17.0 Å². The minimum absolute atomic E-state index is 0.0305. The molecule has 5 aromatic rings. The van der Waals surface area contributed by atoms with E-state index in [-0.39, 0.29) is 12.3 Å². The van der Waals surface area contributed by atoms with Crippen molar-refractivity contribution in [3.8, 4) is 16.9 Å². The summed E-state index contributed by atoms with van der Waals surface area (Å²) >= 11 is 0. The third kappa shape index (κ3) is 4.48. The van der Waals surface area contributed by atoms with Crippen LogP contribution < -0.4 is 9.30 Å². The van der Waals surface area contributed by atoms with Crippen molar-refractivity contribution >= 4 is 22.7 Å². The number of esters is 1. The van der Waals surface area contributed by atoms with Crippen molar-refractivity contribution in [3.05, 3.63) is 133 Å². The fourth-order valence-corrected chi connectivity index (χ4v) is 3.98. The maximum atomic E-state index is 13.2. The van der Waals surface area contributed by atoms with E-state index in [0.717, 1.165) is 22.0 Å². The second kappa shape index (κ2) is 9.51. The number of hydrogen-bond acceptors (Lipinski definition) is 3. The highest BCUT2D eigenvalue weighted by molar-refractivity contribution is 5.96. The molecule has 0 saturated carbocycles. The minimum atomic E-state index is -0.515. The van der Waals surface area contributed by atoms with E-state index in [1.807, 2.05) is 91.0 Å². The van der Waals surface area contributed by atoms with Crippen molar-refractivity contribution < 1.29 is 18.9 Å². The average molecular weight is 445 g/mol. The first-order valence-corrected chi connectivity index (χ1v) is 11.1. The van der Waals surface area contributed by atoms with Gasteiger partial charge in [0.25, 0.3) is 5.69 Å². The number of carbonyl (C=O) groups excluding carboxylic acids is 2. The topological polar surface area (TPSA) is 47.2 Å². The Labute approximate surface area is 197 Å². The lowest BCUT2D eigenvalue weighted by atomic mass is 10.1. The molecule has 4 nitrogen and oxygen atoms in total. The summed E-state index contributed by atoms with van der Waals surface area (Å²) in [5.41, 5.74) is 3.83. The maximum absolute atomic E-state index is 13.2. The molecule has 1 aromatic heterocycles. The van der Waals surface area contributed by atoms with Crippen molar-refractivity contribution in [2.24, 2.45) is 0 Å². The number of hydrogen-bond donors (Lipinski definition) is 0. The average Bonchev–Trinajstić information content (AvgIpc) is 2.90. The fraction of sp³-hybridized carbons (Fsp3) is 0.0333. The number of benzene rings is 4. The molecule has 0 aliphatic rings. The van der Waals surface area contributed by atoms with E-state index in [1.165, 1.54) is 0 Å². The molecule has 0 saturated heterocycles. The summed E-state index contributed by atoms with van der Waals surface area (Å²) in [4.78, 5) is 26.2. The Kier molecular flexibility index (Phi) is 5.95. The van der Waals surface area contributed by atoms with Gasteiger partial charge in [-0.2, -0.15) is 4.57 Å². The highest BCUT2D eigenvalue weighted by atomic mass is 16.5. The lowest BCUT2D eigenvalue weighted by Crippen LogP contribution is -2.45. The van der Waals surface area contributed by atoms with Crippen LogP contribution in [0, 0.1) is 0 Å². The molecule has 0 atom stereocenters. The van der Waals surface area contributed by atoms with Crippen molar-refractivity contribution in [3.63, 3.8) is 0 Å². The zero-order valence-corrected chi connectivity index (χ0v) is 18.4. The quantitative estimate of drug-likeness (QED) is 0.142. The third-order valence-corrected chi connectivity index (χ3v) is 5.72. The Hall–Kier alpha value is -4.57. The molecule has 4 heteroatoms. The Balaban J connectivity index is 1.45. The van der Waals surface area contributed by atoms with Gasteiger partial charge in [-0.1, -0.05) is 84.9 Å². The van der Waals surface area contributed by atoms with E-state index in [4.69, 9.17) is 4.74 Å². The van der Waals surface area contributed by atoms with Crippen molar-refractivity contribution in [1.82, 2.24) is 0 Å². The molecule has 0 bridgehead atoms. The number of carbonyl (C=O) groups is 2. The van der Waals surface area contributed by atoms with Gasteiger partial charge >= 0.3 is 5.97 Å². The highest BCUT2D eigenvalue weighted by Crippen LogP contribution is 2.22. The number of pyridine rings is 1. The van der Waals surface area contributed by atoms with E-state index in [2.05, 4.69) is 0 Å². The minimum Gasteiger partial charge on any atom is -0.419 e. The molecule has 0 spiro atoms. The van der Waals surface area contributed by atoms with Gasteiger partial charge in [-0.05, 0) is 35.4 Å². The van der Waals surface area contributed by atoms with Crippen molar-refractivity contribution in [2.45, 2.75) is 6.54 Å². The molecule has 0 radical (unpaired) electrons. The maximum Gasteiger partial charge on any atom is 0.409 e. The SMILES string of the molecule is O=C(C[n+]1c(C(=O)Oc2ccc(-c3ccccc3)cc2)ccc2ccccc21)c1ccccc1. The summed E-state index contributed by atoms with van der Waals surface area (Å²) in [7, 11) is 0. The molecule has 5 rings (SSSR count). The van der Waals surface area contributed by atoms with Crippen molar-refractivity contribution in [1.29, 1.82) is 0 Å². The lowest BCUT2D eigenvalue weighted by molar-refractivity contribution is -0.659. The molecule has 0 aliphatic heterocycles. The molecule has 4 aromatic carbocycles. The normalized spacial score (nSPS) is 10.7.